The van der Waals surface area contributed by atoms with Crippen LogP contribution in [0.15, 0.2) is 66.7 Å². The van der Waals surface area contributed by atoms with Gasteiger partial charge >= 0.3 is 0 Å². The van der Waals surface area contributed by atoms with Crippen LogP contribution in [0.25, 0.3) is 0 Å². The summed E-state index contributed by atoms with van der Waals surface area (Å²) >= 11 is 5.94. The summed E-state index contributed by atoms with van der Waals surface area (Å²) < 4.78 is 34.5. The maximum absolute atomic E-state index is 14.9. The van der Waals surface area contributed by atoms with Crippen LogP contribution in [0, 0.1) is 23.5 Å². The van der Waals surface area contributed by atoms with E-state index in [1.165, 1.54) is 36.4 Å². The fourth-order valence-corrected chi connectivity index (χ4v) is 5.50. The molecule has 2 heterocycles. The number of hydrogen-bond donors (Lipinski definition) is 0. The monoisotopic (exact) mass is 493 g/mol. The average Bonchev–Trinajstić information content (AvgIpc) is 3.40. The van der Waals surface area contributed by atoms with Gasteiger partial charge in [-0.2, -0.15) is 0 Å². The molecule has 174 valence electrons. The summed E-state index contributed by atoms with van der Waals surface area (Å²) in [5.74, 6) is -7.91. The SMILES string of the molecule is O=C1[C@H]2[C@@H](C(=O)N1c1ccc(Cl)cc1)C1(O[C@H]2c2ccc(F)cc2F)C(=O)c2ccccc2C1=O. The molecule has 6 nitrogen and oxygen atoms in total. The number of anilines is 1. The van der Waals surface area contributed by atoms with E-state index >= 15 is 0 Å². The van der Waals surface area contributed by atoms with Crippen molar-refractivity contribution >= 4 is 40.7 Å². The van der Waals surface area contributed by atoms with Gasteiger partial charge in [0.25, 0.3) is 0 Å². The minimum absolute atomic E-state index is 0.0571. The molecule has 0 radical (unpaired) electrons. The van der Waals surface area contributed by atoms with Crippen molar-refractivity contribution in [1.82, 2.24) is 0 Å². The number of nitrogens with zero attached hydrogens (tertiary/aromatic N) is 1. The highest BCUT2D eigenvalue weighted by atomic mass is 35.5. The van der Waals surface area contributed by atoms with E-state index in [-0.39, 0.29) is 22.4 Å². The molecule has 0 unspecified atom stereocenters. The summed E-state index contributed by atoms with van der Waals surface area (Å²) in [5, 5.41) is 0.371. The Hall–Kier alpha value is -3.75. The highest BCUT2D eigenvalue weighted by molar-refractivity contribution is 6.37. The van der Waals surface area contributed by atoms with Gasteiger partial charge in [-0.3, -0.25) is 19.2 Å². The normalized spacial score (nSPS) is 24.4. The van der Waals surface area contributed by atoms with Gasteiger partial charge in [-0.15, -0.1) is 0 Å². The lowest BCUT2D eigenvalue weighted by atomic mass is 9.77. The summed E-state index contributed by atoms with van der Waals surface area (Å²) in [6, 6.07) is 14.6. The molecule has 9 heteroatoms. The molecular formula is C26H14ClF2NO5. The van der Waals surface area contributed by atoms with Crippen molar-refractivity contribution < 1.29 is 32.7 Å². The maximum atomic E-state index is 14.9. The molecule has 0 aromatic heterocycles. The molecule has 3 aliphatic rings. The number of hydrogen-bond acceptors (Lipinski definition) is 5. The van der Waals surface area contributed by atoms with E-state index in [1.54, 1.807) is 12.1 Å². The Labute approximate surface area is 202 Å². The first kappa shape index (κ1) is 21.8. The fourth-order valence-electron chi connectivity index (χ4n) is 5.38. The number of fused-ring (bicyclic) bond motifs is 3. The summed E-state index contributed by atoms with van der Waals surface area (Å²) in [4.78, 5) is 55.5. The van der Waals surface area contributed by atoms with Crippen LogP contribution in [-0.2, 0) is 14.3 Å². The number of carbonyl (C=O) groups is 4. The Morgan fingerprint density at radius 3 is 2.06 bits per heavy atom. The molecule has 35 heavy (non-hydrogen) atoms. The zero-order valence-corrected chi connectivity index (χ0v) is 18.5. The van der Waals surface area contributed by atoms with Gasteiger partial charge in [0.1, 0.15) is 11.6 Å². The van der Waals surface area contributed by atoms with Crippen molar-refractivity contribution in [3.63, 3.8) is 0 Å². The molecule has 0 N–H and O–H groups in total. The van der Waals surface area contributed by atoms with E-state index in [2.05, 4.69) is 0 Å². The molecule has 0 bridgehead atoms. The Morgan fingerprint density at radius 2 is 1.46 bits per heavy atom. The first-order valence-corrected chi connectivity index (χ1v) is 11.1. The number of rotatable bonds is 2. The van der Waals surface area contributed by atoms with Gasteiger partial charge in [0, 0.05) is 27.8 Å². The maximum Gasteiger partial charge on any atom is 0.241 e. The van der Waals surface area contributed by atoms with Gasteiger partial charge < -0.3 is 4.74 Å². The van der Waals surface area contributed by atoms with Crippen LogP contribution in [0.5, 0.6) is 0 Å². The summed E-state index contributed by atoms with van der Waals surface area (Å²) in [5.41, 5.74) is -2.27. The van der Waals surface area contributed by atoms with Crippen LogP contribution in [0.3, 0.4) is 0 Å². The predicted octanol–water partition coefficient (Wildman–Crippen LogP) is 4.31. The lowest BCUT2D eigenvalue weighted by Crippen LogP contribution is -2.51. The third-order valence-corrected chi connectivity index (χ3v) is 7.12. The molecule has 2 aliphatic heterocycles. The van der Waals surface area contributed by atoms with E-state index < -0.39 is 58.6 Å². The zero-order chi connectivity index (χ0) is 24.6. The van der Waals surface area contributed by atoms with Crippen molar-refractivity contribution in [2.75, 3.05) is 4.90 Å². The second-order valence-corrected chi connectivity index (χ2v) is 9.07. The van der Waals surface area contributed by atoms with Gasteiger partial charge in [-0.25, -0.2) is 13.7 Å². The van der Waals surface area contributed by atoms with Crippen molar-refractivity contribution in [2.24, 2.45) is 11.8 Å². The topological polar surface area (TPSA) is 80.8 Å². The number of Topliss-reactive ketones (excluding diaryl/α,β-unsaturated/α-hetero) is 2. The quantitative estimate of drug-likeness (QED) is 0.392. The Balaban J connectivity index is 1.56. The first-order valence-electron chi connectivity index (χ1n) is 10.7. The Bertz CT molecular complexity index is 1440. The molecule has 2 fully saturated rings. The minimum atomic E-state index is -2.34. The second-order valence-electron chi connectivity index (χ2n) is 8.64. The largest absolute Gasteiger partial charge is 0.349 e. The average molecular weight is 494 g/mol. The second kappa shape index (κ2) is 7.37. The van der Waals surface area contributed by atoms with Crippen LogP contribution in [0.2, 0.25) is 5.02 Å². The number of amides is 2. The van der Waals surface area contributed by atoms with E-state index in [9.17, 15) is 28.0 Å². The van der Waals surface area contributed by atoms with Gasteiger partial charge in [0.15, 0.2) is 0 Å². The first-order chi connectivity index (χ1) is 16.8. The highest BCUT2D eigenvalue weighted by Crippen LogP contribution is 2.58. The van der Waals surface area contributed by atoms with Gasteiger partial charge in [0.05, 0.1) is 23.6 Å². The van der Waals surface area contributed by atoms with Crippen molar-refractivity contribution in [1.29, 1.82) is 0 Å². The summed E-state index contributed by atoms with van der Waals surface area (Å²) in [6.45, 7) is 0. The molecule has 2 saturated heterocycles. The van der Waals surface area contributed by atoms with E-state index in [0.717, 1.165) is 17.0 Å². The number of halogens is 3. The number of imide groups is 1. The van der Waals surface area contributed by atoms with Crippen LogP contribution >= 0.6 is 11.6 Å². The van der Waals surface area contributed by atoms with Gasteiger partial charge in [-0.05, 0) is 30.3 Å². The Kier molecular flexibility index (Phi) is 4.58. The smallest absolute Gasteiger partial charge is 0.241 e. The molecule has 1 aliphatic carbocycles. The Morgan fingerprint density at radius 1 is 0.829 bits per heavy atom. The molecule has 6 rings (SSSR count). The third kappa shape index (κ3) is 2.78. The van der Waals surface area contributed by atoms with Crippen LogP contribution in [0.1, 0.15) is 32.4 Å². The molecular weight excluding hydrogens is 480 g/mol. The van der Waals surface area contributed by atoms with Gasteiger partial charge in [-0.1, -0.05) is 41.9 Å². The fraction of sp³-hybridized carbons (Fsp3) is 0.154. The van der Waals surface area contributed by atoms with Gasteiger partial charge in [0.2, 0.25) is 29.0 Å². The van der Waals surface area contributed by atoms with Crippen LogP contribution < -0.4 is 4.90 Å². The number of benzene rings is 3. The standard InChI is InChI=1S/C26H14ClF2NO5/c27-12-5-8-14(9-6-12)30-24(33)19-20(25(30)34)26(22(31)15-3-1-2-4-16(15)23(26)32)35-21(19)17-10-7-13(28)11-18(17)29/h1-11,19-21H/t19-,20-,21-/m0/s1. The number of ketones is 2. The van der Waals surface area contributed by atoms with Crippen molar-refractivity contribution in [3.05, 3.63) is 100 Å². The molecule has 1 spiro atoms. The molecule has 3 aromatic rings. The highest BCUT2D eigenvalue weighted by Gasteiger charge is 2.75. The predicted molar refractivity (Wildman–Crippen MR) is 119 cm³/mol. The van der Waals surface area contributed by atoms with E-state index in [1.807, 2.05) is 0 Å². The molecule has 2 amide bonds. The zero-order valence-electron chi connectivity index (χ0n) is 17.7. The molecule has 3 aromatic carbocycles. The van der Waals surface area contributed by atoms with Crippen LogP contribution in [-0.4, -0.2) is 29.0 Å². The summed E-state index contributed by atoms with van der Waals surface area (Å²) in [6.07, 6.45) is -1.48. The molecule has 3 atom stereocenters. The van der Waals surface area contributed by atoms with Crippen molar-refractivity contribution in [3.8, 4) is 0 Å². The lowest BCUT2D eigenvalue weighted by Gasteiger charge is -2.27. The summed E-state index contributed by atoms with van der Waals surface area (Å²) in [7, 11) is 0. The van der Waals surface area contributed by atoms with E-state index in [4.69, 9.17) is 16.3 Å². The van der Waals surface area contributed by atoms with Crippen LogP contribution in [0.4, 0.5) is 14.5 Å². The van der Waals surface area contributed by atoms with Crippen molar-refractivity contribution in [2.45, 2.75) is 11.7 Å². The number of carbonyl (C=O) groups excluding carboxylic acids is 4. The third-order valence-electron chi connectivity index (χ3n) is 6.87. The lowest BCUT2D eigenvalue weighted by molar-refractivity contribution is -0.127. The number of ether oxygens (including phenoxy) is 1. The van der Waals surface area contributed by atoms with E-state index in [0.29, 0.717) is 11.1 Å². The molecule has 0 saturated carbocycles. The minimum Gasteiger partial charge on any atom is -0.349 e.